The minimum atomic E-state index is -2.37. The van der Waals surface area contributed by atoms with Crippen LogP contribution >= 0.6 is 8.11 Å². The van der Waals surface area contributed by atoms with E-state index < -0.39 is 8.11 Å². The average molecular weight is 161 g/mol. The molecule has 1 atom stereocenters. The van der Waals surface area contributed by atoms with Gasteiger partial charge in [0.2, 0.25) is 0 Å². The van der Waals surface area contributed by atoms with E-state index in [1.165, 1.54) is 0 Å². The van der Waals surface area contributed by atoms with Crippen LogP contribution in [0.1, 0.15) is 37.1 Å². The van der Waals surface area contributed by atoms with Crippen LogP contribution in [0.4, 0.5) is 4.20 Å². The summed E-state index contributed by atoms with van der Waals surface area (Å²) < 4.78 is 19.4. The third kappa shape index (κ3) is 324000. The van der Waals surface area contributed by atoms with E-state index in [1.807, 2.05) is 0 Å². The summed E-state index contributed by atoms with van der Waals surface area (Å²) in [5, 5.41) is 0. The summed E-state index contributed by atoms with van der Waals surface area (Å²) in [5.74, 6) is 0. The van der Waals surface area contributed by atoms with E-state index in [-0.39, 0.29) is 37.1 Å². The van der Waals surface area contributed by atoms with Gasteiger partial charge in [0, 0.05) is 0 Å². The molecule has 0 radical (unpaired) electrons. The molecule has 3 heteroatoms. The highest BCUT2D eigenvalue weighted by atomic mass is 31.1. The zero-order valence-corrected chi connectivity index (χ0v) is 3.13. The van der Waals surface area contributed by atoms with Gasteiger partial charge in [-0.05, 0) is 4.57 Å². The minimum absolute atomic E-state index is 0. The molecule has 0 aliphatic carbocycles. The molecule has 9 heavy (non-hydrogen) atoms. The fourth-order valence-electron chi connectivity index (χ4n) is 0. The fourth-order valence-corrected chi connectivity index (χ4v) is 0. The number of hydrogen-bond donors (Lipinski definition) is 0. The topological polar surface area (TPSA) is 17.1 Å². The molecule has 1 nitrogen and oxygen atoms in total. The molecule has 1 unspecified atom stereocenters. The van der Waals surface area contributed by atoms with Crippen molar-refractivity contribution in [2.75, 3.05) is 6.66 Å². The van der Waals surface area contributed by atoms with E-state index in [2.05, 4.69) is 0 Å². The van der Waals surface area contributed by atoms with Crippen molar-refractivity contribution in [2.45, 2.75) is 37.1 Å². The Hall–Kier alpha value is 0.0300. The predicted octanol–water partition coefficient (Wildman–Crippen LogP) is 4.51. The van der Waals surface area contributed by atoms with Crippen LogP contribution in [0, 0.1) is 0 Å². The van der Waals surface area contributed by atoms with Gasteiger partial charge >= 0.3 is 8.11 Å². The second kappa shape index (κ2) is 43.2. The molecule has 0 saturated carbocycles. The lowest BCUT2D eigenvalue weighted by atomic mass is 12.0. The van der Waals surface area contributed by atoms with Crippen molar-refractivity contribution in [2.24, 2.45) is 0 Å². The molecule has 0 aromatic heterocycles. The van der Waals surface area contributed by atoms with Crippen molar-refractivity contribution in [1.29, 1.82) is 0 Å². The predicted molar refractivity (Wildman–Crippen MR) is 48.3 cm³/mol. The van der Waals surface area contributed by atoms with Gasteiger partial charge in [-0.15, -0.1) is 0 Å². The van der Waals surface area contributed by atoms with Crippen LogP contribution in [-0.2, 0) is 4.57 Å². The minimum Gasteiger partial charge on any atom is -0.0776 e. The van der Waals surface area contributed by atoms with Crippen LogP contribution in [0.5, 0.6) is 0 Å². The van der Waals surface area contributed by atoms with Crippen molar-refractivity contribution < 1.29 is 8.76 Å². The van der Waals surface area contributed by atoms with Gasteiger partial charge in [-0.1, -0.05) is 37.1 Å². The first kappa shape index (κ1) is 63.4. The average Bonchev–Trinajstić information content (AvgIpc) is 0.811. The van der Waals surface area contributed by atoms with Crippen LogP contribution in [0.25, 0.3) is 0 Å². The Bertz CT molecular complexity index is 36.0. The summed E-state index contributed by atoms with van der Waals surface area (Å²) in [6.07, 6.45) is 0. The quantitative estimate of drug-likeness (QED) is 0.478. The third-order valence-electron chi connectivity index (χ3n) is 0. The highest BCUT2D eigenvalue weighted by Crippen LogP contribution is 2.11. The Morgan fingerprint density at radius 2 is 1.00 bits per heavy atom. The summed E-state index contributed by atoms with van der Waals surface area (Å²) in [4.78, 5) is 0. The van der Waals surface area contributed by atoms with Crippen molar-refractivity contribution in [3.63, 3.8) is 0 Å². The molecule has 0 bridgehead atoms. The van der Waals surface area contributed by atoms with Gasteiger partial charge in [0.1, 0.15) is 0 Å². The first-order chi connectivity index (χ1) is 1.73. The molecule has 0 aliphatic rings. The molecular formula is C6H23FOP+. The smallest absolute Gasteiger partial charge is 0.0776 e. The van der Waals surface area contributed by atoms with Gasteiger partial charge in [-0.3, -0.25) is 0 Å². The molecule has 64 valence electrons. The molecule has 0 fully saturated rings. The Labute approximate surface area is 61.6 Å². The lowest BCUT2D eigenvalue weighted by Crippen LogP contribution is -1.21. The molecule has 0 amide bonds. The van der Waals surface area contributed by atoms with E-state index in [0.29, 0.717) is 0 Å². The molecule has 0 aromatic carbocycles. The summed E-state index contributed by atoms with van der Waals surface area (Å²) in [5.41, 5.74) is 0. The van der Waals surface area contributed by atoms with Gasteiger partial charge in [0.05, 0.1) is 4.20 Å². The number of halogens is 1. The van der Waals surface area contributed by atoms with Crippen LogP contribution in [-0.4, -0.2) is 6.66 Å². The van der Waals surface area contributed by atoms with Crippen LogP contribution in [0.3, 0.4) is 0 Å². The maximum absolute atomic E-state index is 10.5. The zero-order chi connectivity index (χ0) is 3.58. The van der Waals surface area contributed by atoms with E-state index >= 15 is 0 Å². The number of rotatable bonds is 0. The fraction of sp³-hybridized carbons (Fsp3) is 1.00. The summed E-state index contributed by atoms with van der Waals surface area (Å²) in [7, 11) is -2.37. The van der Waals surface area contributed by atoms with Crippen molar-refractivity contribution in [3.8, 4) is 0 Å². The van der Waals surface area contributed by atoms with E-state index in [0.717, 1.165) is 6.66 Å². The monoisotopic (exact) mass is 161 g/mol. The van der Waals surface area contributed by atoms with Crippen LogP contribution in [0.2, 0.25) is 0 Å². The highest BCUT2D eigenvalue weighted by Gasteiger charge is 1.92. The first-order valence-corrected chi connectivity index (χ1v) is 2.40. The maximum atomic E-state index is 10.5. The Morgan fingerprint density at radius 3 is 1.00 bits per heavy atom. The van der Waals surface area contributed by atoms with Gasteiger partial charge in [-0.2, -0.15) is 0 Å². The lowest BCUT2D eigenvalue weighted by molar-refractivity contribution is 0.564. The zero-order valence-electron chi connectivity index (χ0n) is 2.23. The summed E-state index contributed by atoms with van der Waals surface area (Å²) in [6, 6.07) is 0. The SMILES string of the molecule is C.C.C.C.C.C[P+](=O)F. The standard InChI is InChI=1S/CH3FOP.5CH4/c1-4(2)3;;;;;/h1H3;5*1H4/q+1;;;;;. The third-order valence-corrected chi connectivity index (χ3v) is 0. The second-order valence-corrected chi connectivity index (χ2v) is 1.26. The van der Waals surface area contributed by atoms with Crippen molar-refractivity contribution >= 4 is 8.11 Å². The van der Waals surface area contributed by atoms with E-state index in [1.54, 1.807) is 0 Å². The molecule has 0 aromatic rings. The molecule has 0 aliphatic heterocycles. The van der Waals surface area contributed by atoms with Gasteiger partial charge < -0.3 is 0 Å². The lowest BCUT2D eigenvalue weighted by Gasteiger charge is -1.28. The molecule has 0 N–H and O–H groups in total. The summed E-state index contributed by atoms with van der Waals surface area (Å²) in [6.45, 7) is 1.01. The van der Waals surface area contributed by atoms with Crippen molar-refractivity contribution in [3.05, 3.63) is 0 Å². The normalized spacial score (nSPS) is 4.89. The first-order valence-electron chi connectivity index (χ1n) is 0.799. The van der Waals surface area contributed by atoms with Gasteiger partial charge in [0.25, 0.3) is 0 Å². The van der Waals surface area contributed by atoms with Crippen LogP contribution in [0.15, 0.2) is 0 Å². The summed E-state index contributed by atoms with van der Waals surface area (Å²) >= 11 is 0. The molecular weight excluding hydrogens is 138 g/mol. The van der Waals surface area contributed by atoms with Crippen molar-refractivity contribution in [1.82, 2.24) is 0 Å². The van der Waals surface area contributed by atoms with Gasteiger partial charge in [-0.25, -0.2) is 0 Å². The largest absolute Gasteiger partial charge is 0.554 e. The second-order valence-electron chi connectivity index (χ2n) is 0.421. The maximum Gasteiger partial charge on any atom is 0.554 e. The van der Waals surface area contributed by atoms with Gasteiger partial charge in [0.15, 0.2) is 6.66 Å². The Balaban J connectivity index is -0.00000000450. The Morgan fingerprint density at radius 1 is 1.00 bits per heavy atom. The Kier molecular flexibility index (Phi) is 305. The molecule has 0 spiro atoms. The highest BCUT2D eigenvalue weighted by molar-refractivity contribution is 7.37. The number of hydrogen-bond acceptors (Lipinski definition) is 1. The van der Waals surface area contributed by atoms with E-state index in [9.17, 15) is 4.20 Å². The van der Waals surface area contributed by atoms with E-state index in [4.69, 9.17) is 4.57 Å². The molecule has 0 rings (SSSR count). The molecule has 0 heterocycles. The van der Waals surface area contributed by atoms with Crippen LogP contribution < -0.4 is 0 Å². The molecule has 0 saturated heterocycles.